The molecule has 0 aliphatic heterocycles. The summed E-state index contributed by atoms with van der Waals surface area (Å²) in [5, 5.41) is 4.03. The third-order valence-corrected chi connectivity index (χ3v) is 3.22. The molecule has 0 radical (unpaired) electrons. The zero-order chi connectivity index (χ0) is 14.1. The van der Waals surface area contributed by atoms with Crippen LogP contribution in [0.2, 0.25) is 0 Å². The summed E-state index contributed by atoms with van der Waals surface area (Å²) in [5.41, 5.74) is 9.77. The molecule has 1 aromatic heterocycles. The first kappa shape index (κ1) is 12.4. The van der Waals surface area contributed by atoms with Gasteiger partial charge in [0.2, 0.25) is 5.88 Å². The average Bonchev–Trinajstić information content (AvgIpc) is 2.81. The van der Waals surface area contributed by atoms with Gasteiger partial charge in [-0.1, -0.05) is 35.5 Å². The van der Waals surface area contributed by atoms with Crippen LogP contribution in [0.4, 0.5) is 10.3 Å². The molecule has 0 spiro atoms. The average molecular weight is 268 g/mol. The summed E-state index contributed by atoms with van der Waals surface area (Å²) in [6.45, 7) is 1.83. The van der Waals surface area contributed by atoms with E-state index in [1.165, 1.54) is 12.1 Å². The normalized spacial score (nSPS) is 10.7. The highest BCUT2D eigenvalue weighted by atomic mass is 19.1. The Morgan fingerprint density at radius 3 is 2.55 bits per heavy atom. The van der Waals surface area contributed by atoms with Crippen molar-refractivity contribution in [3.63, 3.8) is 0 Å². The lowest BCUT2D eigenvalue weighted by Gasteiger charge is -2.05. The number of halogens is 1. The molecule has 3 rings (SSSR count). The Kier molecular flexibility index (Phi) is 2.99. The topological polar surface area (TPSA) is 52.0 Å². The molecule has 0 saturated carbocycles. The van der Waals surface area contributed by atoms with Gasteiger partial charge in [0.25, 0.3) is 0 Å². The number of hydrogen-bond donors (Lipinski definition) is 1. The number of rotatable bonds is 2. The van der Waals surface area contributed by atoms with Gasteiger partial charge < -0.3 is 10.3 Å². The van der Waals surface area contributed by atoms with Crippen molar-refractivity contribution in [2.45, 2.75) is 6.92 Å². The summed E-state index contributed by atoms with van der Waals surface area (Å²) in [5.74, 6) is -0.0149. The van der Waals surface area contributed by atoms with Crippen molar-refractivity contribution >= 4 is 5.88 Å². The highest BCUT2D eigenvalue weighted by Crippen LogP contribution is 2.37. The fourth-order valence-electron chi connectivity index (χ4n) is 2.26. The van der Waals surface area contributed by atoms with E-state index in [0.717, 1.165) is 22.3 Å². The number of hydrogen-bond acceptors (Lipinski definition) is 3. The van der Waals surface area contributed by atoms with Crippen LogP contribution >= 0.6 is 0 Å². The van der Waals surface area contributed by atoms with E-state index in [4.69, 9.17) is 10.3 Å². The Bertz CT molecular complexity index is 750. The van der Waals surface area contributed by atoms with Crippen molar-refractivity contribution in [3.05, 3.63) is 59.9 Å². The molecule has 20 heavy (non-hydrogen) atoms. The Hall–Kier alpha value is -2.62. The summed E-state index contributed by atoms with van der Waals surface area (Å²) in [4.78, 5) is 0. The second kappa shape index (κ2) is 4.81. The third kappa shape index (κ3) is 2.05. The second-order valence-corrected chi connectivity index (χ2v) is 4.60. The second-order valence-electron chi connectivity index (χ2n) is 4.60. The molecule has 100 valence electrons. The van der Waals surface area contributed by atoms with E-state index < -0.39 is 0 Å². The predicted octanol–water partition coefficient (Wildman–Crippen LogP) is 4.04. The quantitative estimate of drug-likeness (QED) is 0.763. The van der Waals surface area contributed by atoms with Crippen LogP contribution in [0.3, 0.4) is 0 Å². The highest BCUT2D eigenvalue weighted by Gasteiger charge is 2.18. The fraction of sp³-hybridized carbons (Fsp3) is 0.0625. The molecule has 2 aromatic carbocycles. The predicted molar refractivity (Wildman–Crippen MR) is 76.5 cm³/mol. The minimum atomic E-state index is -0.274. The van der Waals surface area contributed by atoms with Gasteiger partial charge in [0.1, 0.15) is 11.5 Å². The van der Waals surface area contributed by atoms with Gasteiger partial charge >= 0.3 is 0 Å². The van der Waals surface area contributed by atoms with Gasteiger partial charge in [-0.3, -0.25) is 0 Å². The molecule has 0 unspecified atom stereocenters. The number of nitrogen functional groups attached to an aromatic ring is 1. The van der Waals surface area contributed by atoms with E-state index in [2.05, 4.69) is 5.16 Å². The van der Waals surface area contributed by atoms with E-state index in [0.29, 0.717) is 5.69 Å². The molecule has 0 atom stereocenters. The van der Waals surface area contributed by atoms with Gasteiger partial charge in [-0.05, 0) is 36.2 Å². The van der Waals surface area contributed by atoms with E-state index in [1.54, 1.807) is 6.07 Å². The minimum absolute atomic E-state index is 0.259. The SMILES string of the molecule is Cc1cc(F)ccc1-c1noc(N)c1-c1ccccc1. The fourth-order valence-corrected chi connectivity index (χ4v) is 2.26. The molecule has 0 aliphatic rings. The first-order chi connectivity index (χ1) is 9.66. The molecule has 0 fully saturated rings. The molecular weight excluding hydrogens is 255 g/mol. The number of nitrogens with two attached hydrogens (primary N) is 1. The molecule has 2 N–H and O–H groups in total. The van der Waals surface area contributed by atoms with E-state index in [9.17, 15) is 4.39 Å². The lowest BCUT2D eigenvalue weighted by Crippen LogP contribution is -1.90. The van der Waals surface area contributed by atoms with Crippen molar-refractivity contribution < 1.29 is 8.91 Å². The molecule has 4 heteroatoms. The molecule has 1 heterocycles. The van der Waals surface area contributed by atoms with Gasteiger partial charge in [-0.2, -0.15) is 0 Å². The van der Waals surface area contributed by atoms with Crippen LogP contribution < -0.4 is 5.73 Å². The molecular formula is C16H13FN2O. The molecule has 0 aliphatic carbocycles. The van der Waals surface area contributed by atoms with Crippen LogP contribution in [-0.4, -0.2) is 5.16 Å². The van der Waals surface area contributed by atoms with Crippen molar-refractivity contribution in [2.75, 3.05) is 5.73 Å². The zero-order valence-corrected chi connectivity index (χ0v) is 10.9. The van der Waals surface area contributed by atoms with Crippen LogP contribution in [0, 0.1) is 12.7 Å². The van der Waals surface area contributed by atoms with Crippen molar-refractivity contribution in [2.24, 2.45) is 0 Å². The van der Waals surface area contributed by atoms with Gasteiger partial charge in [0.15, 0.2) is 0 Å². The summed E-state index contributed by atoms with van der Waals surface area (Å²) in [6.07, 6.45) is 0. The van der Waals surface area contributed by atoms with E-state index in [1.807, 2.05) is 37.3 Å². The van der Waals surface area contributed by atoms with Crippen LogP contribution in [0.15, 0.2) is 53.1 Å². The summed E-state index contributed by atoms with van der Waals surface area (Å²) >= 11 is 0. The molecule has 3 aromatic rings. The third-order valence-electron chi connectivity index (χ3n) is 3.22. The van der Waals surface area contributed by atoms with Gasteiger partial charge in [-0.15, -0.1) is 0 Å². The van der Waals surface area contributed by atoms with Crippen molar-refractivity contribution in [1.82, 2.24) is 5.16 Å². The first-order valence-corrected chi connectivity index (χ1v) is 6.24. The standard InChI is InChI=1S/C16H13FN2O/c1-10-9-12(17)7-8-13(10)15-14(16(18)20-19-15)11-5-3-2-4-6-11/h2-9H,18H2,1H3. The maximum atomic E-state index is 13.2. The maximum Gasteiger partial charge on any atom is 0.230 e. The minimum Gasteiger partial charge on any atom is -0.367 e. The lowest BCUT2D eigenvalue weighted by atomic mass is 9.98. The lowest BCUT2D eigenvalue weighted by molar-refractivity contribution is 0.439. The Morgan fingerprint density at radius 1 is 1.10 bits per heavy atom. The van der Waals surface area contributed by atoms with Crippen LogP contribution in [0.25, 0.3) is 22.4 Å². The van der Waals surface area contributed by atoms with E-state index in [-0.39, 0.29) is 11.7 Å². The number of nitrogens with zero attached hydrogens (tertiary/aromatic N) is 1. The van der Waals surface area contributed by atoms with E-state index >= 15 is 0 Å². The Labute approximate surface area is 115 Å². The number of aryl methyl sites for hydroxylation is 1. The zero-order valence-electron chi connectivity index (χ0n) is 10.9. The number of benzene rings is 2. The molecule has 0 amide bonds. The summed E-state index contributed by atoms with van der Waals surface area (Å²) < 4.78 is 18.3. The summed E-state index contributed by atoms with van der Waals surface area (Å²) in [6, 6.07) is 14.2. The monoisotopic (exact) mass is 268 g/mol. The Morgan fingerprint density at radius 2 is 1.85 bits per heavy atom. The Balaban J connectivity index is 2.21. The largest absolute Gasteiger partial charge is 0.367 e. The van der Waals surface area contributed by atoms with Crippen molar-refractivity contribution in [3.8, 4) is 22.4 Å². The highest BCUT2D eigenvalue weighted by molar-refractivity contribution is 5.87. The van der Waals surface area contributed by atoms with Crippen LogP contribution in [-0.2, 0) is 0 Å². The van der Waals surface area contributed by atoms with Crippen LogP contribution in [0.1, 0.15) is 5.56 Å². The summed E-state index contributed by atoms with van der Waals surface area (Å²) in [7, 11) is 0. The molecule has 0 bridgehead atoms. The van der Waals surface area contributed by atoms with Gasteiger partial charge in [-0.25, -0.2) is 4.39 Å². The smallest absolute Gasteiger partial charge is 0.230 e. The van der Waals surface area contributed by atoms with Crippen LogP contribution in [0.5, 0.6) is 0 Å². The molecule has 3 nitrogen and oxygen atoms in total. The maximum absolute atomic E-state index is 13.2. The van der Waals surface area contributed by atoms with Gasteiger partial charge in [0, 0.05) is 5.56 Å². The molecule has 0 saturated heterocycles. The van der Waals surface area contributed by atoms with Gasteiger partial charge in [0.05, 0.1) is 5.56 Å². The van der Waals surface area contributed by atoms with Crippen molar-refractivity contribution in [1.29, 1.82) is 0 Å². The number of aromatic nitrogens is 1. The first-order valence-electron chi connectivity index (χ1n) is 6.24. The number of anilines is 1.